The van der Waals surface area contributed by atoms with E-state index >= 15 is 0 Å². The van der Waals surface area contributed by atoms with Gasteiger partial charge in [-0.2, -0.15) is 0 Å². The monoisotopic (exact) mass is 221 g/mol. The van der Waals surface area contributed by atoms with Gasteiger partial charge in [0.1, 0.15) is 5.82 Å². The number of benzene rings is 1. The van der Waals surface area contributed by atoms with Crippen molar-refractivity contribution in [1.82, 2.24) is 5.32 Å². The van der Waals surface area contributed by atoms with E-state index in [2.05, 4.69) is 5.32 Å². The van der Waals surface area contributed by atoms with Gasteiger partial charge in [-0.1, -0.05) is 12.1 Å². The zero-order chi connectivity index (χ0) is 11.4. The zero-order valence-corrected chi connectivity index (χ0v) is 9.88. The van der Waals surface area contributed by atoms with Crippen LogP contribution < -0.4 is 5.32 Å². The summed E-state index contributed by atoms with van der Waals surface area (Å²) >= 11 is 0. The van der Waals surface area contributed by atoms with Crippen LogP contribution in [0.5, 0.6) is 0 Å². The summed E-state index contributed by atoms with van der Waals surface area (Å²) in [6.07, 6.45) is 6.26. The molecule has 2 heteroatoms. The lowest BCUT2D eigenvalue weighted by Gasteiger charge is -2.28. The van der Waals surface area contributed by atoms with E-state index in [9.17, 15) is 4.39 Å². The largest absolute Gasteiger partial charge is 0.317 e. The van der Waals surface area contributed by atoms with Crippen molar-refractivity contribution in [2.75, 3.05) is 7.05 Å². The highest BCUT2D eigenvalue weighted by molar-refractivity contribution is 5.16. The van der Waals surface area contributed by atoms with Crippen molar-refractivity contribution in [3.8, 4) is 0 Å². The highest BCUT2D eigenvalue weighted by Gasteiger charge is 2.19. The van der Waals surface area contributed by atoms with Gasteiger partial charge in [-0.05, 0) is 62.8 Å². The number of hydrogen-bond acceptors (Lipinski definition) is 1. The molecule has 0 saturated heterocycles. The molecule has 0 aliphatic heterocycles. The molecule has 0 radical (unpaired) electrons. The summed E-state index contributed by atoms with van der Waals surface area (Å²) in [5.74, 6) is 0.651. The molecule has 88 valence electrons. The topological polar surface area (TPSA) is 12.0 Å². The maximum absolute atomic E-state index is 12.8. The van der Waals surface area contributed by atoms with Gasteiger partial charge in [-0.15, -0.1) is 0 Å². The lowest BCUT2D eigenvalue weighted by molar-refractivity contribution is 0.300. The van der Waals surface area contributed by atoms with Crippen molar-refractivity contribution in [2.45, 2.75) is 38.1 Å². The molecule has 1 aromatic rings. The van der Waals surface area contributed by atoms with E-state index in [0.717, 1.165) is 12.3 Å². The smallest absolute Gasteiger partial charge is 0.123 e. The Morgan fingerprint density at radius 2 is 1.75 bits per heavy atom. The Labute approximate surface area is 97.1 Å². The molecule has 16 heavy (non-hydrogen) atoms. The predicted molar refractivity (Wildman–Crippen MR) is 64.9 cm³/mol. The lowest BCUT2D eigenvalue weighted by atomic mass is 9.82. The SMILES string of the molecule is CNC1CCC(Cc2ccc(F)cc2)CC1. The van der Waals surface area contributed by atoms with Gasteiger partial charge in [0.15, 0.2) is 0 Å². The maximum Gasteiger partial charge on any atom is 0.123 e. The molecule has 1 aliphatic carbocycles. The minimum atomic E-state index is -0.136. The van der Waals surface area contributed by atoms with Crippen LogP contribution in [0.15, 0.2) is 24.3 Å². The minimum absolute atomic E-state index is 0.136. The third kappa shape index (κ3) is 3.05. The van der Waals surface area contributed by atoms with Crippen molar-refractivity contribution < 1.29 is 4.39 Å². The summed E-state index contributed by atoms with van der Waals surface area (Å²) in [6, 6.07) is 7.67. The Bertz CT molecular complexity index is 312. The van der Waals surface area contributed by atoms with E-state index in [1.54, 1.807) is 12.1 Å². The standard InChI is InChI=1S/C14H20FN/c1-16-14-8-4-12(5-9-14)10-11-2-6-13(15)7-3-11/h2-3,6-7,12,14,16H,4-5,8-10H2,1H3. The van der Waals surface area contributed by atoms with Gasteiger partial charge in [0, 0.05) is 6.04 Å². The molecule has 0 atom stereocenters. The third-order valence-corrected chi connectivity index (χ3v) is 3.69. The average Bonchev–Trinajstić information content (AvgIpc) is 2.33. The third-order valence-electron chi connectivity index (χ3n) is 3.69. The fourth-order valence-electron chi connectivity index (χ4n) is 2.61. The van der Waals surface area contributed by atoms with E-state index in [1.165, 1.54) is 31.2 Å². The number of rotatable bonds is 3. The van der Waals surface area contributed by atoms with Crippen LogP contribution in [-0.4, -0.2) is 13.1 Å². The Morgan fingerprint density at radius 1 is 1.12 bits per heavy atom. The number of nitrogens with one attached hydrogen (secondary N) is 1. The molecule has 0 spiro atoms. The Hall–Kier alpha value is -0.890. The Kier molecular flexibility index (Phi) is 3.94. The summed E-state index contributed by atoms with van der Waals surface area (Å²) in [6.45, 7) is 0. The summed E-state index contributed by atoms with van der Waals surface area (Å²) < 4.78 is 12.8. The van der Waals surface area contributed by atoms with Crippen molar-refractivity contribution in [2.24, 2.45) is 5.92 Å². The maximum atomic E-state index is 12.8. The van der Waals surface area contributed by atoms with Crippen molar-refractivity contribution in [3.05, 3.63) is 35.6 Å². The second-order valence-corrected chi connectivity index (χ2v) is 4.84. The fraction of sp³-hybridized carbons (Fsp3) is 0.571. The van der Waals surface area contributed by atoms with E-state index in [4.69, 9.17) is 0 Å². The van der Waals surface area contributed by atoms with Crippen molar-refractivity contribution in [1.29, 1.82) is 0 Å². The molecule has 1 fully saturated rings. The number of hydrogen-bond donors (Lipinski definition) is 1. The van der Waals surface area contributed by atoms with Crippen molar-refractivity contribution in [3.63, 3.8) is 0 Å². The lowest BCUT2D eigenvalue weighted by Crippen LogP contribution is -2.30. The molecular formula is C14H20FN. The molecule has 1 saturated carbocycles. The molecule has 1 aliphatic rings. The van der Waals surface area contributed by atoms with Gasteiger partial charge in [-0.3, -0.25) is 0 Å². The molecule has 1 nitrogen and oxygen atoms in total. The Morgan fingerprint density at radius 3 is 2.31 bits per heavy atom. The van der Waals surface area contributed by atoms with Crippen LogP contribution in [0.1, 0.15) is 31.2 Å². The zero-order valence-electron chi connectivity index (χ0n) is 9.88. The molecule has 0 amide bonds. The molecule has 0 heterocycles. The highest BCUT2D eigenvalue weighted by atomic mass is 19.1. The van der Waals surface area contributed by atoms with Gasteiger partial charge in [0.05, 0.1) is 0 Å². The summed E-state index contributed by atoms with van der Waals surface area (Å²) in [5, 5.41) is 3.35. The Balaban J connectivity index is 1.84. The van der Waals surface area contributed by atoms with Crippen LogP contribution >= 0.6 is 0 Å². The summed E-state index contributed by atoms with van der Waals surface area (Å²) in [5.41, 5.74) is 1.27. The molecule has 1 aromatic carbocycles. The first-order chi connectivity index (χ1) is 7.78. The normalized spacial score (nSPS) is 25.6. The summed E-state index contributed by atoms with van der Waals surface area (Å²) in [7, 11) is 2.05. The highest BCUT2D eigenvalue weighted by Crippen LogP contribution is 2.27. The second-order valence-electron chi connectivity index (χ2n) is 4.84. The number of halogens is 1. The first kappa shape index (κ1) is 11.6. The van der Waals surface area contributed by atoms with Gasteiger partial charge in [0.25, 0.3) is 0 Å². The van der Waals surface area contributed by atoms with E-state index < -0.39 is 0 Å². The van der Waals surface area contributed by atoms with E-state index in [1.807, 2.05) is 19.2 Å². The molecule has 0 aromatic heterocycles. The van der Waals surface area contributed by atoms with E-state index in [-0.39, 0.29) is 5.82 Å². The second kappa shape index (κ2) is 5.44. The van der Waals surface area contributed by atoms with Gasteiger partial charge >= 0.3 is 0 Å². The quantitative estimate of drug-likeness (QED) is 0.826. The fourth-order valence-corrected chi connectivity index (χ4v) is 2.61. The first-order valence-electron chi connectivity index (χ1n) is 6.19. The van der Waals surface area contributed by atoms with Gasteiger partial charge < -0.3 is 5.32 Å². The van der Waals surface area contributed by atoms with E-state index in [0.29, 0.717) is 6.04 Å². The summed E-state index contributed by atoms with van der Waals surface area (Å²) in [4.78, 5) is 0. The van der Waals surface area contributed by atoms with Crippen molar-refractivity contribution >= 4 is 0 Å². The van der Waals surface area contributed by atoms with Crippen LogP contribution in [0.4, 0.5) is 4.39 Å². The molecule has 0 bridgehead atoms. The molecule has 1 N–H and O–H groups in total. The van der Waals surface area contributed by atoms with Crippen LogP contribution in [0.25, 0.3) is 0 Å². The first-order valence-corrected chi connectivity index (χ1v) is 6.19. The van der Waals surface area contributed by atoms with Gasteiger partial charge in [0.2, 0.25) is 0 Å². The molecular weight excluding hydrogens is 201 g/mol. The van der Waals surface area contributed by atoms with Crippen LogP contribution in [0.2, 0.25) is 0 Å². The van der Waals surface area contributed by atoms with Gasteiger partial charge in [-0.25, -0.2) is 4.39 Å². The van der Waals surface area contributed by atoms with Crippen LogP contribution in [0, 0.1) is 11.7 Å². The average molecular weight is 221 g/mol. The minimum Gasteiger partial charge on any atom is -0.317 e. The van der Waals surface area contributed by atoms with Crippen LogP contribution in [0.3, 0.4) is 0 Å². The molecule has 0 unspecified atom stereocenters. The molecule has 2 rings (SSSR count). The predicted octanol–water partition coefficient (Wildman–Crippen LogP) is 3.15. The van der Waals surface area contributed by atoms with Crippen LogP contribution in [-0.2, 0) is 6.42 Å².